The Morgan fingerprint density at radius 3 is 2.84 bits per heavy atom. The van der Waals surface area contributed by atoms with E-state index in [0.717, 1.165) is 19.4 Å². The van der Waals surface area contributed by atoms with Crippen LogP contribution in [0.3, 0.4) is 0 Å². The minimum Gasteiger partial charge on any atom is -0.492 e. The topological polar surface area (TPSA) is 50.8 Å². The summed E-state index contributed by atoms with van der Waals surface area (Å²) in [5.74, 6) is 0.669. The zero-order chi connectivity index (χ0) is 12.6. The maximum Gasteiger partial charge on any atom is 0.137 e. The van der Waals surface area contributed by atoms with Crippen molar-refractivity contribution in [3.05, 3.63) is 48.5 Å². The van der Waals surface area contributed by atoms with Crippen LogP contribution in [0.25, 0.3) is 0 Å². The molecule has 1 aromatic carbocycles. The van der Waals surface area contributed by atoms with Gasteiger partial charge in [0, 0.05) is 18.9 Å². The lowest BCUT2D eigenvalue weighted by molar-refractivity contribution is 0.302. The molecule has 0 radical (unpaired) electrons. The molecule has 19 heavy (non-hydrogen) atoms. The van der Waals surface area contributed by atoms with Crippen LogP contribution in [0.5, 0.6) is 5.75 Å². The molecule has 4 nitrogen and oxygen atoms in total. The van der Waals surface area contributed by atoms with Gasteiger partial charge >= 0.3 is 0 Å². The van der Waals surface area contributed by atoms with Crippen LogP contribution in [0.15, 0.2) is 43.0 Å². The van der Waals surface area contributed by atoms with E-state index in [0.29, 0.717) is 17.9 Å². The fourth-order valence-electron chi connectivity index (χ4n) is 1.68. The van der Waals surface area contributed by atoms with Crippen molar-refractivity contribution in [3.63, 3.8) is 0 Å². The molecule has 0 N–H and O–H groups in total. The minimum atomic E-state index is 0. The molecular formula is C14H16ClN3O. The lowest BCUT2D eigenvalue weighted by Crippen LogP contribution is -2.01. The summed E-state index contributed by atoms with van der Waals surface area (Å²) in [7, 11) is 0. The van der Waals surface area contributed by atoms with Gasteiger partial charge in [-0.05, 0) is 25.0 Å². The fourth-order valence-corrected chi connectivity index (χ4v) is 1.68. The van der Waals surface area contributed by atoms with Gasteiger partial charge in [0.2, 0.25) is 0 Å². The summed E-state index contributed by atoms with van der Waals surface area (Å²) in [4.78, 5) is 3.99. The number of imidazole rings is 1. The number of aromatic nitrogens is 2. The van der Waals surface area contributed by atoms with Crippen LogP contribution in [-0.4, -0.2) is 16.2 Å². The monoisotopic (exact) mass is 277 g/mol. The molecule has 0 atom stereocenters. The first-order valence-electron chi connectivity index (χ1n) is 5.98. The molecule has 0 aliphatic rings. The van der Waals surface area contributed by atoms with Crippen molar-refractivity contribution in [2.45, 2.75) is 19.4 Å². The van der Waals surface area contributed by atoms with Gasteiger partial charge in [-0.15, -0.1) is 12.4 Å². The Labute approximate surface area is 119 Å². The lowest BCUT2D eigenvalue weighted by Gasteiger charge is -2.07. The highest BCUT2D eigenvalue weighted by Gasteiger charge is 2.00. The Hall–Kier alpha value is -1.99. The Balaban J connectivity index is 0.00000180. The Kier molecular flexibility index (Phi) is 6.48. The number of nitrogens with zero attached hydrogens (tertiary/aromatic N) is 3. The number of rotatable bonds is 6. The smallest absolute Gasteiger partial charge is 0.137 e. The number of aryl methyl sites for hydroxylation is 1. The average Bonchev–Trinajstić information content (AvgIpc) is 2.92. The zero-order valence-electron chi connectivity index (χ0n) is 10.5. The van der Waals surface area contributed by atoms with Gasteiger partial charge in [-0.25, -0.2) is 4.98 Å². The van der Waals surface area contributed by atoms with E-state index in [-0.39, 0.29) is 12.4 Å². The molecule has 0 bridgehead atoms. The van der Waals surface area contributed by atoms with E-state index in [1.54, 1.807) is 12.3 Å². The molecule has 2 aromatic rings. The number of unbranched alkanes of at least 4 members (excludes halogenated alkanes) is 1. The first-order chi connectivity index (χ1) is 8.90. The second kappa shape index (κ2) is 8.17. The molecule has 1 heterocycles. The first kappa shape index (κ1) is 15.1. The summed E-state index contributed by atoms with van der Waals surface area (Å²) in [5, 5.41) is 8.91. The highest BCUT2D eigenvalue weighted by molar-refractivity contribution is 5.85. The molecule has 0 amide bonds. The van der Waals surface area contributed by atoms with Gasteiger partial charge in [0.15, 0.2) is 0 Å². The van der Waals surface area contributed by atoms with Crippen molar-refractivity contribution < 1.29 is 4.74 Å². The molecular weight excluding hydrogens is 262 g/mol. The Morgan fingerprint density at radius 2 is 2.11 bits per heavy atom. The molecule has 0 spiro atoms. The van der Waals surface area contributed by atoms with Crippen molar-refractivity contribution in [1.29, 1.82) is 5.26 Å². The maximum absolute atomic E-state index is 8.91. The summed E-state index contributed by atoms with van der Waals surface area (Å²) in [6.07, 6.45) is 7.53. The number of benzene rings is 1. The summed E-state index contributed by atoms with van der Waals surface area (Å²) in [5.41, 5.74) is 0.590. The lowest BCUT2D eigenvalue weighted by atomic mass is 10.2. The van der Waals surface area contributed by atoms with Crippen molar-refractivity contribution in [3.8, 4) is 11.8 Å². The van der Waals surface area contributed by atoms with Gasteiger partial charge in [-0.2, -0.15) is 5.26 Å². The first-order valence-corrected chi connectivity index (χ1v) is 5.98. The Bertz CT molecular complexity index is 520. The average molecular weight is 278 g/mol. The standard InChI is InChI=1S/C14H15N3O.ClH/c15-11-13-5-1-2-6-14(13)18-10-4-3-8-17-9-7-16-12-17;/h1-2,5-7,9,12H,3-4,8,10H2;1H. The molecule has 0 saturated heterocycles. The minimum absolute atomic E-state index is 0. The number of ether oxygens (including phenoxy) is 1. The molecule has 100 valence electrons. The number of para-hydroxylation sites is 1. The highest BCUT2D eigenvalue weighted by Crippen LogP contribution is 2.16. The van der Waals surface area contributed by atoms with Gasteiger partial charge in [-0.1, -0.05) is 12.1 Å². The van der Waals surface area contributed by atoms with E-state index in [1.807, 2.05) is 35.3 Å². The molecule has 5 heteroatoms. The van der Waals surface area contributed by atoms with E-state index in [4.69, 9.17) is 10.00 Å². The van der Waals surface area contributed by atoms with Crippen LogP contribution in [0.4, 0.5) is 0 Å². The number of halogens is 1. The summed E-state index contributed by atoms with van der Waals surface area (Å²) in [6.45, 7) is 1.58. The van der Waals surface area contributed by atoms with Crippen LogP contribution in [0, 0.1) is 11.3 Å². The zero-order valence-corrected chi connectivity index (χ0v) is 11.3. The third-order valence-electron chi connectivity index (χ3n) is 2.63. The van der Waals surface area contributed by atoms with Gasteiger partial charge in [0.25, 0.3) is 0 Å². The highest BCUT2D eigenvalue weighted by atomic mass is 35.5. The van der Waals surface area contributed by atoms with E-state index in [2.05, 4.69) is 11.1 Å². The van der Waals surface area contributed by atoms with Gasteiger partial charge < -0.3 is 9.30 Å². The molecule has 0 aliphatic heterocycles. The van der Waals surface area contributed by atoms with Crippen LogP contribution in [0.2, 0.25) is 0 Å². The quantitative estimate of drug-likeness (QED) is 0.763. The molecule has 2 rings (SSSR count). The van der Waals surface area contributed by atoms with Crippen molar-refractivity contribution in [1.82, 2.24) is 9.55 Å². The van der Waals surface area contributed by atoms with E-state index >= 15 is 0 Å². The van der Waals surface area contributed by atoms with Crippen molar-refractivity contribution >= 4 is 12.4 Å². The molecule has 0 saturated carbocycles. The van der Waals surface area contributed by atoms with Gasteiger partial charge in [0.05, 0.1) is 18.5 Å². The van der Waals surface area contributed by atoms with Crippen molar-refractivity contribution in [2.75, 3.05) is 6.61 Å². The molecule has 0 fully saturated rings. The Morgan fingerprint density at radius 1 is 1.26 bits per heavy atom. The maximum atomic E-state index is 8.91. The predicted octanol–water partition coefficient (Wildman–Crippen LogP) is 3.04. The molecule has 1 aromatic heterocycles. The number of hydrogen-bond donors (Lipinski definition) is 0. The van der Waals surface area contributed by atoms with Crippen LogP contribution in [-0.2, 0) is 6.54 Å². The normalized spacial score (nSPS) is 9.42. The van der Waals surface area contributed by atoms with E-state index < -0.39 is 0 Å². The molecule has 0 aliphatic carbocycles. The summed E-state index contributed by atoms with van der Waals surface area (Å²) < 4.78 is 7.64. The van der Waals surface area contributed by atoms with Crippen LogP contribution in [0.1, 0.15) is 18.4 Å². The second-order valence-corrected chi connectivity index (χ2v) is 3.96. The fraction of sp³-hybridized carbons (Fsp3) is 0.286. The largest absolute Gasteiger partial charge is 0.492 e. The van der Waals surface area contributed by atoms with Gasteiger partial charge in [-0.3, -0.25) is 0 Å². The number of nitriles is 1. The third-order valence-corrected chi connectivity index (χ3v) is 2.63. The van der Waals surface area contributed by atoms with Crippen molar-refractivity contribution in [2.24, 2.45) is 0 Å². The molecule has 0 unspecified atom stereocenters. The number of hydrogen-bond acceptors (Lipinski definition) is 3. The van der Waals surface area contributed by atoms with Gasteiger partial charge in [0.1, 0.15) is 11.8 Å². The predicted molar refractivity (Wildman–Crippen MR) is 75.4 cm³/mol. The summed E-state index contributed by atoms with van der Waals surface area (Å²) in [6, 6.07) is 9.43. The van der Waals surface area contributed by atoms with E-state index in [9.17, 15) is 0 Å². The SMILES string of the molecule is Cl.N#Cc1ccccc1OCCCCn1ccnc1. The second-order valence-electron chi connectivity index (χ2n) is 3.96. The van der Waals surface area contributed by atoms with Crippen LogP contribution >= 0.6 is 12.4 Å². The summed E-state index contributed by atoms with van der Waals surface area (Å²) >= 11 is 0. The third kappa shape index (κ3) is 4.65. The van der Waals surface area contributed by atoms with Crippen LogP contribution < -0.4 is 4.74 Å². The van der Waals surface area contributed by atoms with E-state index in [1.165, 1.54) is 0 Å².